The highest BCUT2D eigenvalue weighted by Gasteiger charge is 2.26. The molecular formula is C17H13NO4. The monoisotopic (exact) mass is 295 g/mol. The van der Waals surface area contributed by atoms with Gasteiger partial charge in [-0.2, -0.15) is 0 Å². The van der Waals surface area contributed by atoms with E-state index in [1.807, 2.05) is 24.3 Å². The molecule has 1 aromatic heterocycles. The molecule has 0 amide bonds. The van der Waals surface area contributed by atoms with E-state index in [9.17, 15) is 4.79 Å². The van der Waals surface area contributed by atoms with Crippen LogP contribution in [0.1, 0.15) is 11.3 Å². The zero-order valence-electron chi connectivity index (χ0n) is 11.7. The lowest BCUT2D eigenvalue weighted by Crippen LogP contribution is -2.04. The van der Waals surface area contributed by atoms with E-state index in [1.165, 1.54) is 6.26 Å². The molecule has 3 rings (SSSR count). The van der Waals surface area contributed by atoms with Crippen LogP contribution < -0.4 is 4.74 Å². The van der Waals surface area contributed by atoms with Crippen molar-refractivity contribution in [1.29, 1.82) is 0 Å². The molecule has 0 saturated heterocycles. The Morgan fingerprint density at radius 3 is 2.86 bits per heavy atom. The summed E-state index contributed by atoms with van der Waals surface area (Å²) in [6, 6.07) is 10.7. The van der Waals surface area contributed by atoms with Gasteiger partial charge in [0.25, 0.3) is 5.90 Å². The minimum atomic E-state index is -0.523. The molecule has 1 aromatic carbocycles. The Morgan fingerprint density at radius 1 is 1.23 bits per heavy atom. The van der Waals surface area contributed by atoms with Gasteiger partial charge in [-0.1, -0.05) is 30.9 Å². The van der Waals surface area contributed by atoms with E-state index >= 15 is 0 Å². The maximum Gasteiger partial charge on any atom is 0.363 e. The van der Waals surface area contributed by atoms with Crippen LogP contribution in [0.15, 0.2) is 70.4 Å². The van der Waals surface area contributed by atoms with Gasteiger partial charge < -0.3 is 13.9 Å². The first-order chi connectivity index (χ1) is 10.8. The van der Waals surface area contributed by atoms with Gasteiger partial charge in [-0.15, -0.1) is 0 Å². The lowest BCUT2D eigenvalue weighted by molar-refractivity contribution is -0.130. The van der Waals surface area contributed by atoms with E-state index in [0.717, 1.165) is 5.56 Å². The number of aliphatic imine (C=N–C) groups is 1. The maximum atomic E-state index is 11.9. The molecule has 2 aromatic rings. The van der Waals surface area contributed by atoms with Crippen LogP contribution in [0.4, 0.5) is 0 Å². The Labute approximate surface area is 127 Å². The second-order valence-corrected chi connectivity index (χ2v) is 4.45. The van der Waals surface area contributed by atoms with Crippen LogP contribution in [0.2, 0.25) is 0 Å². The number of esters is 1. The van der Waals surface area contributed by atoms with Crippen LogP contribution in [0.3, 0.4) is 0 Å². The van der Waals surface area contributed by atoms with Crippen molar-refractivity contribution >= 4 is 17.9 Å². The number of nitrogens with zero attached hydrogens (tertiary/aromatic N) is 1. The van der Waals surface area contributed by atoms with E-state index in [2.05, 4.69) is 11.6 Å². The van der Waals surface area contributed by atoms with Crippen molar-refractivity contribution in [2.24, 2.45) is 4.99 Å². The number of hydrogen-bond acceptors (Lipinski definition) is 5. The van der Waals surface area contributed by atoms with Gasteiger partial charge in [0.05, 0.1) is 6.26 Å². The minimum absolute atomic E-state index is 0.158. The zero-order chi connectivity index (χ0) is 15.4. The number of carbonyl (C=O) groups excluding carboxylic acids is 1. The van der Waals surface area contributed by atoms with Crippen molar-refractivity contribution < 1.29 is 18.7 Å². The van der Waals surface area contributed by atoms with Gasteiger partial charge >= 0.3 is 5.97 Å². The molecule has 22 heavy (non-hydrogen) atoms. The molecule has 0 saturated carbocycles. The maximum absolute atomic E-state index is 11.9. The summed E-state index contributed by atoms with van der Waals surface area (Å²) in [4.78, 5) is 16.1. The normalized spacial score (nSPS) is 15.5. The first kappa shape index (κ1) is 13.9. The highest BCUT2D eigenvalue weighted by molar-refractivity contribution is 6.11. The van der Waals surface area contributed by atoms with Crippen LogP contribution in [0.25, 0.3) is 6.08 Å². The van der Waals surface area contributed by atoms with Crippen molar-refractivity contribution in [3.8, 4) is 5.75 Å². The second-order valence-electron chi connectivity index (χ2n) is 4.45. The number of rotatable bonds is 5. The summed E-state index contributed by atoms with van der Waals surface area (Å²) in [5.41, 5.74) is 0.932. The molecule has 0 atom stereocenters. The molecule has 0 N–H and O–H groups in total. The van der Waals surface area contributed by atoms with Crippen LogP contribution in [0, 0.1) is 0 Å². The molecule has 5 heteroatoms. The van der Waals surface area contributed by atoms with Crippen LogP contribution in [-0.4, -0.2) is 18.5 Å². The number of carbonyl (C=O) groups is 1. The molecule has 0 bridgehead atoms. The van der Waals surface area contributed by atoms with Crippen molar-refractivity contribution in [1.82, 2.24) is 0 Å². The van der Waals surface area contributed by atoms with Gasteiger partial charge in [0, 0.05) is 5.56 Å². The van der Waals surface area contributed by atoms with E-state index in [1.54, 1.807) is 24.3 Å². The van der Waals surface area contributed by atoms with Gasteiger partial charge in [-0.05, 0) is 24.3 Å². The Balaban J connectivity index is 1.92. The highest BCUT2D eigenvalue weighted by Crippen LogP contribution is 2.24. The van der Waals surface area contributed by atoms with Crippen LogP contribution in [-0.2, 0) is 9.53 Å². The molecule has 0 fully saturated rings. The summed E-state index contributed by atoms with van der Waals surface area (Å²) in [6.07, 6.45) is 4.77. The Kier molecular flexibility index (Phi) is 3.87. The Hall–Kier alpha value is -3.08. The van der Waals surface area contributed by atoms with Crippen molar-refractivity contribution in [3.63, 3.8) is 0 Å². The molecule has 0 unspecified atom stereocenters. The fraction of sp³-hybridized carbons (Fsp3) is 0.0588. The van der Waals surface area contributed by atoms with Crippen LogP contribution >= 0.6 is 0 Å². The standard InChI is InChI=1S/C17H13NO4/c1-2-9-20-14-7-4-3-6-12(14)11-13-17(19)22-16(18-13)15-8-5-10-21-15/h2-8,10-11H,1,9H2/b13-11+. The molecular weight excluding hydrogens is 282 g/mol. The third kappa shape index (κ3) is 2.83. The minimum Gasteiger partial charge on any atom is -0.489 e. The quantitative estimate of drug-likeness (QED) is 0.483. The second kappa shape index (κ2) is 6.13. The summed E-state index contributed by atoms with van der Waals surface area (Å²) in [6.45, 7) is 3.99. The average Bonchev–Trinajstić information content (AvgIpc) is 3.17. The third-order valence-electron chi connectivity index (χ3n) is 2.92. The van der Waals surface area contributed by atoms with E-state index in [4.69, 9.17) is 13.9 Å². The van der Waals surface area contributed by atoms with Gasteiger partial charge in [-0.25, -0.2) is 9.79 Å². The zero-order valence-corrected chi connectivity index (χ0v) is 11.7. The number of para-hydroxylation sites is 1. The third-order valence-corrected chi connectivity index (χ3v) is 2.92. The molecule has 1 aliphatic heterocycles. The van der Waals surface area contributed by atoms with Crippen molar-refractivity contribution in [2.45, 2.75) is 0 Å². The molecule has 0 spiro atoms. The van der Waals surface area contributed by atoms with E-state index in [-0.39, 0.29) is 11.6 Å². The predicted octanol–water partition coefficient (Wildman–Crippen LogP) is 3.19. The topological polar surface area (TPSA) is 61.0 Å². The van der Waals surface area contributed by atoms with Gasteiger partial charge in [-0.3, -0.25) is 0 Å². The summed E-state index contributed by atoms with van der Waals surface area (Å²) in [5.74, 6) is 0.688. The molecule has 0 aliphatic carbocycles. The van der Waals surface area contributed by atoms with Gasteiger partial charge in [0.2, 0.25) is 0 Å². The summed E-state index contributed by atoms with van der Waals surface area (Å²) in [5, 5.41) is 0. The molecule has 1 aliphatic rings. The summed E-state index contributed by atoms with van der Waals surface area (Å²) >= 11 is 0. The lowest BCUT2D eigenvalue weighted by Gasteiger charge is -2.06. The highest BCUT2D eigenvalue weighted by atomic mass is 16.6. The molecule has 2 heterocycles. The predicted molar refractivity (Wildman–Crippen MR) is 81.4 cm³/mol. The number of benzene rings is 1. The van der Waals surface area contributed by atoms with Crippen molar-refractivity contribution in [3.05, 3.63) is 72.3 Å². The van der Waals surface area contributed by atoms with E-state index < -0.39 is 5.97 Å². The molecule has 5 nitrogen and oxygen atoms in total. The lowest BCUT2D eigenvalue weighted by atomic mass is 10.1. The summed E-state index contributed by atoms with van der Waals surface area (Å²) < 4.78 is 15.8. The number of ether oxygens (including phenoxy) is 2. The molecule has 110 valence electrons. The average molecular weight is 295 g/mol. The Morgan fingerprint density at radius 2 is 2.09 bits per heavy atom. The van der Waals surface area contributed by atoms with Crippen molar-refractivity contribution in [2.75, 3.05) is 6.61 Å². The van der Waals surface area contributed by atoms with Gasteiger partial charge in [0.15, 0.2) is 11.5 Å². The fourth-order valence-corrected chi connectivity index (χ4v) is 1.94. The van der Waals surface area contributed by atoms with Crippen LogP contribution in [0.5, 0.6) is 5.75 Å². The number of hydrogen-bond donors (Lipinski definition) is 0. The van der Waals surface area contributed by atoms with E-state index in [0.29, 0.717) is 18.1 Å². The number of furan rings is 1. The first-order valence-electron chi connectivity index (χ1n) is 6.67. The SMILES string of the molecule is C=CCOc1ccccc1/C=C1/N=C(c2ccco2)OC1=O. The fourth-order valence-electron chi connectivity index (χ4n) is 1.94. The largest absolute Gasteiger partial charge is 0.489 e. The smallest absolute Gasteiger partial charge is 0.363 e. The number of cyclic esters (lactones) is 1. The molecule has 0 radical (unpaired) electrons. The Bertz CT molecular complexity index is 757. The van der Waals surface area contributed by atoms with Gasteiger partial charge in [0.1, 0.15) is 12.4 Å². The summed E-state index contributed by atoms with van der Waals surface area (Å²) in [7, 11) is 0. The first-order valence-corrected chi connectivity index (χ1v) is 6.67.